The number of pyridine rings is 1. The van der Waals surface area contributed by atoms with Crippen LogP contribution in [-0.2, 0) is 0 Å². The third-order valence-corrected chi connectivity index (χ3v) is 5.10. The Labute approximate surface area is 151 Å². The van der Waals surface area contributed by atoms with Crippen LogP contribution in [0, 0.1) is 0 Å². The molecule has 1 atom stereocenters. The van der Waals surface area contributed by atoms with Crippen LogP contribution in [0.4, 0.5) is 11.4 Å². The first-order valence-electron chi connectivity index (χ1n) is 8.86. The number of hydrogen-bond donors (Lipinski definition) is 2. The van der Waals surface area contributed by atoms with Gasteiger partial charge in [-0.1, -0.05) is 18.2 Å². The minimum atomic E-state index is -0.118. The number of nitrogens with zero attached hydrogens (tertiary/aromatic N) is 2. The van der Waals surface area contributed by atoms with Crippen LogP contribution in [0.15, 0.2) is 59.7 Å². The van der Waals surface area contributed by atoms with Crippen molar-refractivity contribution in [1.29, 1.82) is 0 Å². The van der Waals surface area contributed by atoms with Gasteiger partial charge in [-0.25, -0.2) is 0 Å². The van der Waals surface area contributed by atoms with E-state index in [1.807, 2.05) is 48.5 Å². The van der Waals surface area contributed by atoms with Crippen LogP contribution >= 0.6 is 0 Å². The molecule has 26 heavy (non-hydrogen) atoms. The van der Waals surface area contributed by atoms with E-state index in [-0.39, 0.29) is 5.91 Å². The summed E-state index contributed by atoms with van der Waals surface area (Å²) in [6.45, 7) is 1.83. The van der Waals surface area contributed by atoms with E-state index in [1.165, 1.54) is 11.3 Å². The molecule has 0 bridgehead atoms. The Morgan fingerprint density at radius 3 is 3.04 bits per heavy atom. The highest BCUT2D eigenvalue weighted by molar-refractivity contribution is 6.06. The maximum Gasteiger partial charge on any atom is 0.255 e. The lowest BCUT2D eigenvalue weighted by atomic mass is 9.89. The quantitative estimate of drug-likeness (QED) is 0.747. The summed E-state index contributed by atoms with van der Waals surface area (Å²) < 4.78 is 0. The van der Waals surface area contributed by atoms with Crippen molar-refractivity contribution >= 4 is 33.9 Å². The number of anilines is 1. The number of nitrogens with one attached hydrogen (secondary N) is 2. The molecule has 5 heteroatoms. The molecule has 0 spiro atoms. The fourth-order valence-electron chi connectivity index (χ4n) is 3.78. The molecule has 2 aliphatic rings. The van der Waals surface area contributed by atoms with E-state index in [1.54, 1.807) is 6.20 Å². The average Bonchev–Trinajstić information content (AvgIpc) is 3.06. The second-order valence-corrected chi connectivity index (χ2v) is 6.77. The number of para-hydroxylation sites is 1. The van der Waals surface area contributed by atoms with Crippen LogP contribution in [0.3, 0.4) is 0 Å². The smallest absolute Gasteiger partial charge is 0.255 e. The molecule has 0 saturated carbocycles. The van der Waals surface area contributed by atoms with Crippen LogP contribution in [0.1, 0.15) is 28.3 Å². The maximum absolute atomic E-state index is 12.7. The number of carbonyl (C=O) groups excluding carboxylic acids is 1. The Morgan fingerprint density at radius 1 is 1.15 bits per heavy atom. The number of rotatable bonds is 2. The number of hydrogen-bond acceptors (Lipinski definition) is 4. The van der Waals surface area contributed by atoms with Gasteiger partial charge >= 0.3 is 0 Å². The van der Waals surface area contributed by atoms with Gasteiger partial charge in [0.15, 0.2) is 0 Å². The molecule has 1 unspecified atom stereocenters. The van der Waals surface area contributed by atoms with Crippen LogP contribution in [0.25, 0.3) is 10.9 Å². The predicted octanol–water partition coefficient (Wildman–Crippen LogP) is 3.65. The largest absolute Gasteiger partial charge is 0.321 e. The number of aliphatic imine (C=N–C) groups is 1. The summed E-state index contributed by atoms with van der Waals surface area (Å²) in [5, 5.41) is 7.33. The first kappa shape index (κ1) is 15.2. The monoisotopic (exact) mass is 342 g/mol. The highest BCUT2D eigenvalue weighted by Gasteiger charge is 2.29. The zero-order valence-electron chi connectivity index (χ0n) is 14.2. The summed E-state index contributed by atoms with van der Waals surface area (Å²) in [5.74, 6) is 0.230. The summed E-state index contributed by atoms with van der Waals surface area (Å²) in [6.07, 6.45) is 2.73. The Bertz CT molecular complexity index is 1060. The molecule has 1 aromatic heterocycles. The van der Waals surface area contributed by atoms with Crippen LogP contribution < -0.4 is 10.6 Å². The van der Waals surface area contributed by atoms with Crippen molar-refractivity contribution in [2.75, 3.05) is 18.4 Å². The van der Waals surface area contributed by atoms with Crippen molar-refractivity contribution in [3.05, 3.63) is 65.9 Å². The fourth-order valence-corrected chi connectivity index (χ4v) is 3.78. The molecule has 3 heterocycles. The van der Waals surface area contributed by atoms with E-state index in [9.17, 15) is 4.79 Å². The fraction of sp³-hybridized carbons (Fsp3) is 0.190. The molecule has 2 aromatic carbocycles. The van der Waals surface area contributed by atoms with Crippen molar-refractivity contribution in [2.45, 2.75) is 12.3 Å². The second-order valence-electron chi connectivity index (χ2n) is 6.77. The third-order valence-electron chi connectivity index (χ3n) is 5.10. The number of piperidine rings is 1. The molecule has 5 rings (SSSR count). The minimum absolute atomic E-state index is 0.118. The molecule has 1 amide bonds. The molecule has 128 valence electrons. The molecule has 1 fully saturated rings. The molecule has 1 saturated heterocycles. The van der Waals surface area contributed by atoms with E-state index < -0.39 is 0 Å². The summed E-state index contributed by atoms with van der Waals surface area (Å²) in [7, 11) is 0. The first-order valence-corrected chi connectivity index (χ1v) is 8.86. The van der Waals surface area contributed by atoms with Gasteiger partial charge in [-0.15, -0.1) is 0 Å². The average molecular weight is 342 g/mol. The van der Waals surface area contributed by atoms with Gasteiger partial charge in [-0.3, -0.25) is 14.8 Å². The van der Waals surface area contributed by atoms with Crippen molar-refractivity contribution in [1.82, 2.24) is 10.3 Å². The van der Waals surface area contributed by atoms with E-state index >= 15 is 0 Å². The van der Waals surface area contributed by atoms with Gasteiger partial charge in [0.25, 0.3) is 5.91 Å². The van der Waals surface area contributed by atoms with Crippen molar-refractivity contribution in [3.63, 3.8) is 0 Å². The van der Waals surface area contributed by atoms with Crippen molar-refractivity contribution in [2.24, 2.45) is 4.99 Å². The SMILES string of the molecule is O=C(Nc1cnc2ccccc2c1)c1ccc2c(c1)C1CCNCC1=N2. The lowest BCUT2D eigenvalue weighted by Crippen LogP contribution is -2.34. The molecule has 3 aromatic rings. The summed E-state index contributed by atoms with van der Waals surface area (Å²) >= 11 is 0. The Balaban J connectivity index is 1.41. The molecule has 2 N–H and O–H groups in total. The highest BCUT2D eigenvalue weighted by atomic mass is 16.1. The number of benzene rings is 2. The van der Waals surface area contributed by atoms with E-state index in [0.717, 1.165) is 36.1 Å². The van der Waals surface area contributed by atoms with Gasteiger partial charge < -0.3 is 10.6 Å². The predicted molar refractivity (Wildman–Crippen MR) is 103 cm³/mol. The Kier molecular flexibility index (Phi) is 3.53. The van der Waals surface area contributed by atoms with Crippen LogP contribution in [-0.4, -0.2) is 29.7 Å². The molecule has 0 radical (unpaired) electrons. The van der Waals surface area contributed by atoms with Crippen LogP contribution in [0.2, 0.25) is 0 Å². The summed E-state index contributed by atoms with van der Waals surface area (Å²) in [4.78, 5) is 21.8. The highest BCUT2D eigenvalue weighted by Crippen LogP contribution is 2.39. The molecular weight excluding hydrogens is 324 g/mol. The minimum Gasteiger partial charge on any atom is -0.321 e. The van der Waals surface area contributed by atoms with Gasteiger partial charge in [-0.05, 0) is 48.9 Å². The summed E-state index contributed by atoms with van der Waals surface area (Å²) in [6, 6.07) is 15.6. The number of amides is 1. The molecular formula is C21H18N4O. The second kappa shape index (κ2) is 6.04. The Morgan fingerprint density at radius 2 is 2.08 bits per heavy atom. The molecule has 2 aliphatic heterocycles. The van der Waals surface area contributed by atoms with Gasteiger partial charge in [0, 0.05) is 29.1 Å². The van der Waals surface area contributed by atoms with Crippen molar-refractivity contribution < 1.29 is 4.79 Å². The normalized spacial score (nSPS) is 18.2. The Hall–Kier alpha value is -3.05. The lowest BCUT2D eigenvalue weighted by Gasteiger charge is -2.21. The van der Waals surface area contributed by atoms with Gasteiger partial charge in [0.2, 0.25) is 0 Å². The third kappa shape index (κ3) is 2.57. The first-order chi connectivity index (χ1) is 12.8. The van der Waals surface area contributed by atoms with E-state index in [2.05, 4.69) is 15.6 Å². The van der Waals surface area contributed by atoms with Gasteiger partial charge in [0.05, 0.1) is 23.1 Å². The molecule has 0 aliphatic carbocycles. The standard InChI is InChI=1S/C21H18N4O/c26-21(24-15-9-13-3-1-2-4-18(13)23-11-15)14-5-6-19-17(10-14)16-7-8-22-12-20(16)25-19/h1-6,9-11,16,22H,7-8,12H2,(H,24,26). The number of fused-ring (bicyclic) bond motifs is 4. The topological polar surface area (TPSA) is 66.4 Å². The van der Waals surface area contributed by atoms with Gasteiger partial charge in [0.1, 0.15) is 0 Å². The van der Waals surface area contributed by atoms with Gasteiger partial charge in [-0.2, -0.15) is 0 Å². The number of aromatic nitrogens is 1. The van der Waals surface area contributed by atoms with Crippen LogP contribution in [0.5, 0.6) is 0 Å². The lowest BCUT2D eigenvalue weighted by molar-refractivity contribution is 0.102. The van der Waals surface area contributed by atoms with E-state index in [0.29, 0.717) is 17.2 Å². The number of carbonyl (C=O) groups is 1. The molecule has 5 nitrogen and oxygen atoms in total. The van der Waals surface area contributed by atoms with E-state index in [4.69, 9.17) is 4.99 Å². The maximum atomic E-state index is 12.7. The zero-order chi connectivity index (χ0) is 17.5. The summed E-state index contributed by atoms with van der Waals surface area (Å²) in [5.41, 5.74) is 5.63. The van der Waals surface area contributed by atoms with Crippen molar-refractivity contribution in [3.8, 4) is 0 Å². The zero-order valence-corrected chi connectivity index (χ0v) is 14.2.